The van der Waals surface area contributed by atoms with Crippen molar-refractivity contribution in [3.63, 3.8) is 0 Å². The highest BCUT2D eigenvalue weighted by Crippen LogP contribution is 2.40. The summed E-state index contributed by atoms with van der Waals surface area (Å²) < 4.78 is 0. The highest BCUT2D eigenvalue weighted by atomic mass is 35.5. The topological polar surface area (TPSA) is 3.24 Å². The maximum atomic E-state index is 6.28. The zero-order chi connectivity index (χ0) is 16.8. The average molecular weight is 342 g/mol. The van der Waals surface area contributed by atoms with Crippen molar-refractivity contribution in [1.82, 2.24) is 4.90 Å². The van der Waals surface area contributed by atoms with Gasteiger partial charge in [-0.3, -0.25) is 0 Å². The molecule has 2 unspecified atom stereocenters. The maximum absolute atomic E-state index is 6.28. The van der Waals surface area contributed by atoms with Gasteiger partial charge in [-0.15, -0.1) is 11.6 Å². The van der Waals surface area contributed by atoms with Crippen molar-refractivity contribution < 1.29 is 0 Å². The summed E-state index contributed by atoms with van der Waals surface area (Å²) in [6.07, 6.45) is 5.92. The zero-order valence-electron chi connectivity index (χ0n) is 14.6. The summed E-state index contributed by atoms with van der Waals surface area (Å²) >= 11 is 6.28. The van der Waals surface area contributed by atoms with Crippen LogP contribution in [0.5, 0.6) is 0 Å². The molecule has 0 spiro atoms. The van der Waals surface area contributed by atoms with Gasteiger partial charge in [0.25, 0.3) is 0 Å². The first kappa shape index (κ1) is 17.5. The van der Waals surface area contributed by atoms with Crippen LogP contribution in [-0.4, -0.2) is 30.4 Å². The van der Waals surface area contributed by atoms with Crippen molar-refractivity contribution in [2.45, 2.75) is 43.4 Å². The molecular formula is C22H28ClN. The van der Waals surface area contributed by atoms with Crippen LogP contribution in [-0.2, 0) is 12.8 Å². The van der Waals surface area contributed by atoms with E-state index in [1.807, 2.05) is 0 Å². The number of nitrogens with zero attached hydrogens (tertiary/aromatic N) is 1. The van der Waals surface area contributed by atoms with Crippen molar-refractivity contribution in [3.8, 4) is 0 Å². The quantitative estimate of drug-likeness (QED) is 0.590. The first-order valence-electron chi connectivity index (χ1n) is 9.18. The Morgan fingerprint density at radius 2 is 1.58 bits per heavy atom. The Morgan fingerprint density at radius 3 is 2.21 bits per heavy atom. The third kappa shape index (κ3) is 4.84. The van der Waals surface area contributed by atoms with E-state index in [2.05, 4.69) is 66.5 Å². The third-order valence-electron chi connectivity index (χ3n) is 5.23. The zero-order valence-corrected chi connectivity index (χ0v) is 15.4. The summed E-state index contributed by atoms with van der Waals surface area (Å²) in [4.78, 5) is 2.44. The van der Waals surface area contributed by atoms with Crippen molar-refractivity contribution in [1.29, 1.82) is 0 Å². The monoisotopic (exact) mass is 341 g/mol. The third-order valence-corrected chi connectivity index (χ3v) is 5.75. The second-order valence-electron chi connectivity index (χ2n) is 7.08. The van der Waals surface area contributed by atoms with Crippen molar-refractivity contribution in [3.05, 3.63) is 71.3 Å². The lowest BCUT2D eigenvalue weighted by Gasteiger charge is -2.32. The largest absolute Gasteiger partial charge is 0.306 e. The molecule has 1 nitrogen and oxygen atoms in total. The van der Waals surface area contributed by atoms with Crippen LogP contribution >= 0.6 is 11.6 Å². The molecule has 1 fully saturated rings. The van der Waals surface area contributed by atoms with E-state index < -0.39 is 0 Å². The van der Waals surface area contributed by atoms with E-state index in [1.165, 1.54) is 36.0 Å². The summed E-state index contributed by atoms with van der Waals surface area (Å²) in [6.45, 7) is 2.28. The Hall–Kier alpha value is -1.31. The predicted octanol–water partition coefficient (Wildman–Crippen LogP) is 5.28. The molecule has 2 aromatic carbocycles. The van der Waals surface area contributed by atoms with E-state index in [4.69, 9.17) is 11.6 Å². The van der Waals surface area contributed by atoms with Crippen molar-refractivity contribution in [2.75, 3.05) is 20.1 Å². The number of rotatable bonds is 8. The molecule has 1 aliphatic carbocycles. The van der Waals surface area contributed by atoms with Gasteiger partial charge in [0.05, 0.1) is 0 Å². The lowest BCUT2D eigenvalue weighted by molar-refractivity contribution is 0.333. The van der Waals surface area contributed by atoms with Gasteiger partial charge in [0.2, 0.25) is 0 Å². The minimum atomic E-state index is 0.356. The Kier molecular flexibility index (Phi) is 6.34. The molecule has 24 heavy (non-hydrogen) atoms. The van der Waals surface area contributed by atoms with Gasteiger partial charge in [-0.2, -0.15) is 0 Å². The Labute approximate surface area is 151 Å². The first-order chi connectivity index (χ1) is 11.7. The van der Waals surface area contributed by atoms with Crippen molar-refractivity contribution >= 4 is 11.6 Å². The van der Waals surface area contributed by atoms with Gasteiger partial charge in [0, 0.05) is 17.8 Å². The molecule has 0 radical (unpaired) electrons. The molecule has 3 rings (SSSR count). The highest BCUT2D eigenvalue weighted by Gasteiger charge is 2.29. The van der Waals surface area contributed by atoms with Crippen LogP contribution in [0, 0.1) is 0 Å². The molecule has 2 heteroatoms. The molecule has 1 aliphatic rings. The number of aryl methyl sites for hydroxylation is 1. The van der Waals surface area contributed by atoms with Gasteiger partial charge < -0.3 is 4.90 Å². The molecule has 128 valence electrons. The fourth-order valence-corrected chi connectivity index (χ4v) is 3.79. The maximum Gasteiger partial charge on any atom is 0.0404 e. The molecule has 0 aromatic heterocycles. The molecule has 0 bridgehead atoms. The summed E-state index contributed by atoms with van der Waals surface area (Å²) in [5.41, 5.74) is 4.29. The highest BCUT2D eigenvalue weighted by molar-refractivity contribution is 6.21. The number of hydrogen-bond acceptors (Lipinski definition) is 1. The Morgan fingerprint density at radius 1 is 0.875 bits per heavy atom. The van der Waals surface area contributed by atoms with Gasteiger partial charge in [-0.1, -0.05) is 54.6 Å². The van der Waals surface area contributed by atoms with Crippen LogP contribution < -0.4 is 0 Å². The van der Waals surface area contributed by atoms with E-state index in [-0.39, 0.29) is 0 Å². The van der Waals surface area contributed by atoms with Gasteiger partial charge >= 0.3 is 0 Å². The van der Waals surface area contributed by atoms with Crippen LogP contribution in [0.4, 0.5) is 0 Å². The summed E-state index contributed by atoms with van der Waals surface area (Å²) in [6, 6.07) is 19.9. The smallest absolute Gasteiger partial charge is 0.0404 e. The predicted molar refractivity (Wildman–Crippen MR) is 104 cm³/mol. The molecule has 2 atom stereocenters. The van der Waals surface area contributed by atoms with Gasteiger partial charge in [0.15, 0.2) is 0 Å². The SMILES string of the molecule is CN(CCCc1ccc(C2CCC2Cl)cc1)CCc1ccccc1. The van der Waals surface area contributed by atoms with E-state index in [0.29, 0.717) is 11.3 Å². The first-order valence-corrected chi connectivity index (χ1v) is 9.61. The van der Waals surface area contributed by atoms with E-state index >= 15 is 0 Å². The number of alkyl halides is 1. The minimum absolute atomic E-state index is 0.356. The van der Waals surface area contributed by atoms with E-state index in [0.717, 1.165) is 25.9 Å². The number of hydrogen-bond donors (Lipinski definition) is 0. The lowest BCUT2D eigenvalue weighted by Crippen LogP contribution is -2.24. The molecule has 1 saturated carbocycles. The Balaban J connectivity index is 1.36. The second kappa shape index (κ2) is 8.69. The van der Waals surface area contributed by atoms with Crippen molar-refractivity contribution in [2.24, 2.45) is 0 Å². The second-order valence-corrected chi connectivity index (χ2v) is 7.64. The molecule has 0 aliphatic heterocycles. The van der Waals surface area contributed by atoms with Crippen LogP contribution in [0.15, 0.2) is 54.6 Å². The van der Waals surface area contributed by atoms with Gasteiger partial charge in [0.1, 0.15) is 0 Å². The molecule has 2 aromatic rings. The number of likely N-dealkylation sites (N-methyl/N-ethyl adjacent to an activating group) is 1. The molecule has 0 amide bonds. The summed E-state index contributed by atoms with van der Waals surface area (Å²) in [7, 11) is 2.23. The molecule has 0 saturated heterocycles. The fraction of sp³-hybridized carbons (Fsp3) is 0.455. The van der Waals surface area contributed by atoms with Gasteiger partial charge in [-0.25, -0.2) is 0 Å². The Bertz CT molecular complexity index is 608. The van der Waals surface area contributed by atoms with Crippen LogP contribution in [0.3, 0.4) is 0 Å². The van der Waals surface area contributed by atoms with Crippen LogP contribution in [0.25, 0.3) is 0 Å². The number of halogens is 1. The standard InChI is InChI=1S/C22H28ClN/c1-24(17-15-18-6-3-2-4-7-18)16-5-8-19-9-11-20(12-10-19)21-13-14-22(21)23/h2-4,6-7,9-12,21-22H,5,8,13-17H2,1H3. The van der Waals surface area contributed by atoms with E-state index in [1.54, 1.807) is 0 Å². The van der Waals surface area contributed by atoms with Gasteiger partial charge in [-0.05, 0) is 62.4 Å². The fourth-order valence-electron chi connectivity index (χ4n) is 3.40. The average Bonchev–Trinajstić information content (AvgIpc) is 2.61. The van der Waals surface area contributed by atoms with Crippen LogP contribution in [0.1, 0.15) is 41.9 Å². The molecule has 0 N–H and O–H groups in total. The number of benzene rings is 2. The van der Waals surface area contributed by atoms with Crippen LogP contribution in [0.2, 0.25) is 0 Å². The molecular weight excluding hydrogens is 314 g/mol. The van der Waals surface area contributed by atoms with E-state index in [9.17, 15) is 0 Å². The molecule has 0 heterocycles. The normalized spacial score (nSPS) is 20.1. The minimum Gasteiger partial charge on any atom is -0.306 e. The summed E-state index contributed by atoms with van der Waals surface area (Å²) in [5, 5.41) is 0.356. The summed E-state index contributed by atoms with van der Waals surface area (Å²) in [5.74, 6) is 0.588. The lowest BCUT2D eigenvalue weighted by atomic mass is 9.79.